The van der Waals surface area contributed by atoms with Crippen LogP contribution in [0.2, 0.25) is 5.02 Å². The van der Waals surface area contributed by atoms with Crippen LogP contribution in [0.25, 0.3) is 11.4 Å². The standard InChI is InChI=1S/C26H18ClF7N4O2/c27-18-10-8-15(9-11-18)23-36-38(24(40)37(23)13-17-4-1-2-7-20(17)28)14-21(39)35-12-16-5-3-6-19(25(29,30)31)22(16)26(32,33)34/h1-11H,12-14H2,(H,35,39). The number of hydrogen-bond acceptors (Lipinski definition) is 3. The highest BCUT2D eigenvalue weighted by Crippen LogP contribution is 2.42. The van der Waals surface area contributed by atoms with Crippen LogP contribution in [-0.4, -0.2) is 20.3 Å². The Hall–Kier alpha value is -4.13. The van der Waals surface area contributed by atoms with Crippen LogP contribution in [-0.2, 0) is 36.8 Å². The van der Waals surface area contributed by atoms with E-state index in [0.29, 0.717) is 16.7 Å². The molecule has 1 N–H and O–H groups in total. The van der Waals surface area contributed by atoms with Crippen molar-refractivity contribution in [3.05, 3.63) is 110 Å². The van der Waals surface area contributed by atoms with E-state index in [0.717, 1.165) is 21.4 Å². The predicted molar refractivity (Wildman–Crippen MR) is 131 cm³/mol. The Labute approximate surface area is 226 Å². The van der Waals surface area contributed by atoms with Crippen molar-refractivity contribution in [2.24, 2.45) is 0 Å². The van der Waals surface area contributed by atoms with Crippen LogP contribution >= 0.6 is 11.6 Å². The molecule has 14 heteroatoms. The van der Waals surface area contributed by atoms with Crippen LogP contribution < -0.4 is 11.0 Å². The molecule has 0 radical (unpaired) electrons. The Morgan fingerprint density at radius 1 is 0.875 bits per heavy atom. The third kappa shape index (κ3) is 6.36. The first kappa shape index (κ1) is 28.9. The Kier molecular flexibility index (Phi) is 8.05. The van der Waals surface area contributed by atoms with Gasteiger partial charge in [0.2, 0.25) is 5.91 Å². The van der Waals surface area contributed by atoms with Gasteiger partial charge in [0.15, 0.2) is 5.82 Å². The van der Waals surface area contributed by atoms with E-state index < -0.39 is 59.5 Å². The van der Waals surface area contributed by atoms with Crippen LogP contribution in [0.15, 0.2) is 71.5 Å². The maximum atomic E-state index is 14.3. The van der Waals surface area contributed by atoms with Crippen molar-refractivity contribution in [1.29, 1.82) is 0 Å². The minimum absolute atomic E-state index is 0.0509. The van der Waals surface area contributed by atoms with Gasteiger partial charge in [0.25, 0.3) is 0 Å². The molecule has 0 aliphatic carbocycles. The number of halogens is 8. The number of rotatable bonds is 7. The fourth-order valence-electron chi connectivity index (χ4n) is 4.00. The first-order chi connectivity index (χ1) is 18.8. The Morgan fingerprint density at radius 2 is 1.52 bits per heavy atom. The van der Waals surface area contributed by atoms with E-state index in [2.05, 4.69) is 10.4 Å². The van der Waals surface area contributed by atoms with Gasteiger partial charge >= 0.3 is 18.0 Å². The largest absolute Gasteiger partial charge is 0.417 e. The van der Waals surface area contributed by atoms with Crippen molar-refractivity contribution in [3.8, 4) is 11.4 Å². The molecule has 1 heterocycles. The van der Waals surface area contributed by atoms with E-state index in [1.807, 2.05) is 0 Å². The van der Waals surface area contributed by atoms with Gasteiger partial charge in [-0.15, -0.1) is 5.10 Å². The quantitative estimate of drug-likeness (QED) is 0.274. The minimum Gasteiger partial charge on any atom is -0.350 e. The number of nitrogens with zero attached hydrogens (tertiary/aromatic N) is 3. The fraction of sp³-hybridized carbons (Fsp3) is 0.192. The number of carbonyl (C=O) groups is 1. The molecular weight excluding hydrogens is 569 g/mol. The lowest BCUT2D eigenvalue weighted by Crippen LogP contribution is -2.34. The molecule has 1 aromatic heterocycles. The van der Waals surface area contributed by atoms with Crippen molar-refractivity contribution in [1.82, 2.24) is 19.7 Å². The van der Waals surface area contributed by atoms with Crippen LogP contribution in [0, 0.1) is 5.82 Å². The predicted octanol–water partition coefficient (Wildman–Crippen LogP) is 5.91. The van der Waals surface area contributed by atoms with E-state index in [4.69, 9.17) is 11.6 Å². The molecule has 0 saturated heterocycles. The lowest BCUT2D eigenvalue weighted by atomic mass is 10.00. The Morgan fingerprint density at radius 3 is 2.15 bits per heavy atom. The minimum atomic E-state index is -5.35. The zero-order chi connectivity index (χ0) is 29.2. The van der Waals surface area contributed by atoms with E-state index in [1.54, 1.807) is 18.2 Å². The summed E-state index contributed by atoms with van der Waals surface area (Å²) in [5, 5.41) is 6.64. The maximum Gasteiger partial charge on any atom is 0.417 e. The number of hydrogen-bond donors (Lipinski definition) is 1. The fourth-order valence-corrected chi connectivity index (χ4v) is 4.13. The van der Waals surface area contributed by atoms with Crippen LogP contribution in [0.5, 0.6) is 0 Å². The third-order valence-electron chi connectivity index (χ3n) is 5.82. The number of benzene rings is 3. The van der Waals surface area contributed by atoms with Gasteiger partial charge in [-0.05, 0) is 42.0 Å². The summed E-state index contributed by atoms with van der Waals surface area (Å²) in [7, 11) is 0. The number of aromatic nitrogens is 3. The zero-order valence-corrected chi connectivity index (χ0v) is 20.9. The summed E-state index contributed by atoms with van der Waals surface area (Å²) in [5.74, 6) is -1.54. The molecule has 0 unspecified atom stereocenters. The molecule has 0 fully saturated rings. The van der Waals surface area contributed by atoms with Gasteiger partial charge in [-0.2, -0.15) is 26.3 Å². The summed E-state index contributed by atoms with van der Waals surface area (Å²) in [6, 6.07) is 13.7. The lowest BCUT2D eigenvalue weighted by Gasteiger charge is -2.19. The van der Waals surface area contributed by atoms with E-state index in [1.165, 1.54) is 30.3 Å². The summed E-state index contributed by atoms with van der Waals surface area (Å²) >= 11 is 5.92. The molecule has 4 aromatic rings. The molecular formula is C26H18ClF7N4O2. The highest BCUT2D eigenvalue weighted by Gasteiger charge is 2.44. The van der Waals surface area contributed by atoms with E-state index in [-0.39, 0.29) is 17.9 Å². The number of alkyl halides is 6. The highest BCUT2D eigenvalue weighted by molar-refractivity contribution is 6.30. The summed E-state index contributed by atoms with van der Waals surface area (Å²) in [6.45, 7) is -1.93. The first-order valence-electron chi connectivity index (χ1n) is 11.5. The second-order valence-corrected chi connectivity index (χ2v) is 9.00. The van der Waals surface area contributed by atoms with Crippen molar-refractivity contribution in [2.45, 2.75) is 32.0 Å². The molecule has 0 aliphatic rings. The van der Waals surface area contributed by atoms with Gasteiger partial charge in [-0.25, -0.2) is 13.9 Å². The van der Waals surface area contributed by atoms with Crippen molar-refractivity contribution in [3.63, 3.8) is 0 Å². The smallest absolute Gasteiger partial charge is 0.350 e. The van der Waals surface area contributed by atoms with Crippen molar-refractivity contribution < 1.29 is 35.5 Å². The molecule has 0 spiro atoms. The number of nitrogens with one attached hydrogen (secondary N) is 1. The molecule has 0 atom stereocenters. The molecule has 0 aliphatic heterocycles. The van der Waals surface area contributed by atoms with Gasteiger partial charge in [0, 0.05) is 22.7 Å². The van der Waals surface area contributed by atoms with Gasteiger partial charge in [-0.3, -0.25) is 9.36 Å². The van der Waals surface area contributed by atoms with Gasteiger partial charge in [-0.1, -0.05) is 41.9 Å². The van der Waals surface area contributed by atoms with Crippen molar-refractivity contribution in [2.75, 3.05) is 0 Å². The van der Waals surface area contributed by atoms with E-state index in [9.17, 15) is 40.3 Å². The molecule has 4 rings (SSSR count). The topological polar surface area (TPSA) is 68.9 Å². The second kappa shape index (κ2) is 11.2. The second-order valence-electron chi connectivity index (χ2n) is 8.56. The van der Waals surface area contributed by atoms with Crippen LogP contribution in [0.1, 0.15) is 22.3 Å². The molecule has 40 heavy (non-hydrogen) atoms. The average Bonchev–Trinajstić information content (AvgIpc) is 3.18. The third-order valence-corrected chi connectivity index (χ3v) is 6.07. The molecule has 0 saturated carbocycles. The molecule has 1 amide bonds. The summed E-state index contributed by atoms with van der Waals surface area (Å²) < 4.78 is 96.2. The number of amides is 1. The highest BCUT2D eigenvalue weighted by atomic mass is 35.5. The number of carbonyl (C=O) groups excluding carboxylic acids is 1. The van der Waals surface area contributed by atoms with Crippen LogP contribution in [0.3, 0.4) is 0 Å². The average molecular weight is 587 g/mol. The summed E-state index contributed by atoms with van der Waals surface area (Å²) in [6.07, 6.45) is -10.6. The lowest BCUT2D eigenvalue weighted by molar-refractivity contribution is -0.162. The van der Waals surface area contributed by atoms with Gasteiger partial charge < -0.3 is 5.32 Å². The monoisotopic (exact) mass is 586 g/mol. The molecule has 3 aromatic carbocycles. The van der Waals surface area contributed by atoms with Crippen molar-refractivity contribution >= 4 is 17.5 Å². The van der Waals surface area contributed by atoms with E-state index >= 15 is 0 Å². The summed E-state index contributed by atoms with van der Waals surface area (Å²) in [5.41, 5.74) is -4.90. The summed E-state index contributed by atoms with van der Waals surface area (Å²) in [4.78, 5) is 25.8. The Bertz CT molecular complexity index is 1590. The SMILES string of the molecule is O=C(Cn1nc(-c2ccc(Cl)cc2)n(Cc2ccccc2F)c1=O)NCc1cccc(C(F)(F)F)c1C(F)(F)F. The maximum absolute atomic E-state index is 14.3. The Balaban J connectivity index is 1.62. The first-order valence-corrected chi connectivity index (χ1v) is 11.8. The van der Waals surface area contributed by atoms with Crippen LogP contribution in [0.4, 0.5) is 30.7 Å². The molecule has 210 valence electrons. The zero-order valence-electron chi connectivity index (χ0n) is 20.2. The van der Waals surface area contributed by atoms with Gasteiger partial charge in [0.1, 0.15) is 12.4 Å². The normalized spacial score (nSPS) is 12.0. The molecule has 6 nitrogen and oxygen atoms in total. The molecule has 0 bridgehead atoms. The van der Waals surface area contributed by atoms with Gasteiger partial charge in [0.05, 0.1) is 17.7 Å².